The van der Waals surface area contributed by atoms with Crippen LogP contribution < -0.4 is 5.32 Å². The smallest absolute Gasteiger partial charge is 0.228 e. The van der Waals surface area contributed by atoms with E-state index in [1.165, 1.54) is 5.56 Å². The summed E-state index contributed by atoms with van der Waals surface area (Å²) in [5.74, 6) is 0.549. The van der Waals surface area contributed by atoms with Crippen LogP contribution in [0.4, 0.5) is 0 Å². The number of carbonyl (C=O) groups excluding carboxylic acids is 1. The van der Waals surface area contributed by atoms with Gasteiger partial charge in [0, 0.05) is 50.8 Å². The molecule has 0 spiro atoms. The Kier molecular flexibility index (Phi) is 4.24. The first-order chi connectivity index (χ1) is 9.72. The molecule has 3 rings (SSSR count). The molecule has 1 amide bonds. The third kappa shape index (κ3) is 3.14. The second-order valence-electron chi connectivity index (χ2n) is 5.58. The minimum atomic E-state index is 0.220. The zero-order valence-corrected chi connectivity index (χ0v) is 12.3. The standard InChI is InChI=1S/C15H20ClN3O/c16-14-3-1-12(2-4-14)11-18-5-7-19(8-6-18)15(20)13-9-17-10-13/h1-4,13,17H,5-11H2. The van der Waals surface area contributed by atoms with Gasteiger partial charge in [-0.1, -0.05) is 23.7 Å². The van der Waals surface area contributed by atoms with E-state index in [2.05, 4.69) is 22.3 Å². The van der Waals surface area contributed by atoms with Gasteiger partial charge in [-0.25, -0.2) is 0 Å². The maximum Gasteiger partial charge on any atom is 0.228 e. The van der Waals surface area contributed by atoms with Crippen LogP contribution in [-0.4, -0.2) is 55.0 Å². The summed E-state index contributed by atoms with van der Waals surface area (Å²) < 4.78 is 0. The molecule has 0 radical (unpaired) electrons. The summed E-state index contributed by atoms with van der Waals surface area (Å²) in [6.07, 6.45) is 0. The molecule has 4 nitrogen and oxygen atoms in total. The highest BCUT2D eigenvalue weighted by Gasteiger charge is 2.30. The predicted octanol–water partition coefficient (Wildman–Crippen LogP) is 1.20. The van der Waals surface area contributed by atoms with E-state index in [1.54, 1.807) is 0 Å². The quantitative estimate of drug-likeness (QED) is 0.910. The number of amides is 1. The topological polar surface area (TPSA) is 35.6 Å². The van der Waals surface area contributed by atoms with Crippen LogP contribution in [0, 0.1) is 5.92 Å². The van der Waals surface area contributed by atoms with E-state index < -0.39 is 0 Å². The fourth-order valence-corrected chi connectivity index (χ4v) is 2.82. The SMILES string of the molecule is O=C(C1CNC1)N1CCN(Cc2ccc(Cl)cc2)CC1. The minimum Gasteiger partial charge on any atom is -0.340 e. The Morgan fingerprint density at radius 3 is 2.35 bits per heavy atom. The molecule has 1 aromatic carbocycles. The van der Waals surface area contributed by atoms with E-state index in [0.717, 1.165) is 50.8 Å². The van der Waals surface area contributed by atoms with Crippen molar-refractivity contribution >= 4 is 17.5 Å². The molecule has 2 aliphatic rings. The summed E-state index contributed by atoms with van der Waals surface area (Å²) in [6.45, 7) is 6.24. The molecule has 1 aromatic rings. The number of piperazine rings is 1. The number of nitrogens with one attached hydrogen (secondary N) is 1. The Morgan fingerprint density at radius 2 is 1.80 bits per heavy atom. The van der Waals surface area contributed by atoms with Gasteiger partial charge in [0.25, 0.3) is 0 Å². The van der Waals surface area contributed by atoms with Gasteiger partial charge in [0.2, 0.25) is 5.91 Å². The highest BCUT2D eigenvalue weighted by molar-refractivity contribution is 6.30. The maximum atomic E-state index is 12.1. The number of halogens is 1. The van der Waals surface area contributed by atoms with Crippen LogP contribution in [0.25, 0.3) is 0 Å². The van der Waals surface area contributed by atoms with Crippen LogP contribution in [0.5, 0.6) is 0 Å². The molecular weight excluding hydrogens is 274 g/mol. The zero-order chi connectivity index (χ0) is 13.9. The Balaban J connectivity index is 1.48. The van der Waals surface area contributed by atoms with Crippen LogP contribution in [0.3, 0.4) is 0 Å². The summed E-state index contributed by atoms with van der Waals surface area (Å²) >= 11 is 5.89. The van der Waals surface area contributed by atoms with Crippen molar-refractivity contribution in [2.24, 2.45) is 5.92 Å². The summed E-state index contributed by atoms with van der Waals surface area (Å²) in [5.41, 5.74) is 1.28. The third-order valence-corrected chi connectivity index (χ3v) is 4.39. The van der Waals surface area contributed by atoms with E-state index in [0.29, 0.717) is 5.91 Å². The van der Waals surface area contributed by atoms with Crippen molar-refractivity contribution in [1.29, 1.82) is 0 Å². The Bertz CT molecular complexity index is 465. The van der Waals surface area contributed by atoms with Gasteiger partial charge in [0.15, 0.2) is 0 Å². The zero-order valence-electron chi connectivity index (χ0n) is 11.5. The van der Waals surface area contributed by atoms with Gasteiger partial charge >= 0.3 is 0 Å². The van der Waals surface area contributed by atoms with Crippen molar-refractivity contribution in [3.8, 4) is 0 Å². The average molecular weight is 294 g/mol. The summed E-state index contributed by atoms with van der Waals surface area (Å²) in [5, 5.41) is 3.93. The van der Waals surface area contributed by atoms with Gasteiger partial charge in [-0.2, -0.15) is 0 Å². The first kappa shape index (κ1) is 13.9. The lowest BCUT2D eigenvalue weighted by atomic mass is 10.0. The van der Waals surface area contributed by atoms with Gasteiger partial charge < -0.3 is 10.2 Å². The van der Waals surface area contributed by atoms with E-state index in [1.807, 2.05) is 17.0 Å². The molecular formula is C15H20ClN3O. The lowest BCUT2D eigenvalue weighted by Gasteiger charge is -2.38. The van der Waals surface area contributed by atoms with Crippen molar-refractivity contribution in [2.45, 2.75) is 6.54 Å². The van der Waals surface area contributed by atoms with Gasteiger partial charge in [0.1, 0.15) is 0 Å². The van der Waals surface area contributed by atoms with Gasteiger partial charge in [-0.15, -0.1) is 0 Å². The highest BCUT2D eigenvalue weighted by Crippen LogP contribution is 2.14. The first-order valence-corrected chi connectivity index (χ1v) is 7.56. The van der Waals surface area contributed by atoms with Gasteiger partial charge in [-0.3, -0.25) is 9.69 Å². The number of carbonyl (C=O) groups is 1. The Labute approximate surface area is 124 Å². The van der Waals surface area contributed by atoms with E-state index >= 15 is 0 Å². The molecule has 0 aromatic heterocycles. The largest absolute Gasteiger partial charge is 0.340 e. The molecule has 0 unspecified atom stereocenters. The molecule has 2 fully saturated rings. The lowest BCUT2D eigenvalue weighted by molar-refractivity contribution is -0.138. The fourth-order valence-electron chi connectivity index (χ4n) is 2.70. The van der Waals surface area contributed by atoms with Crippen molar-refractivity contribution in [3.05, 3.63) is 34.9 Å². The van der Waals surface area contributed by atoms with E-state index in [-0.39, 0.29) is 5.92 Å². The molecule has 1 N–H and O–H groups in total. The third-order valence-electron chi connectivity index (χ3n) is 4.13. The molecule has 5 heteroatoms. The van der Waals surface area contributed by atoms with Crippen LogP contribution in [0.15, 0.2) is 24.3 Å². The molecule has 0 atom stereocenters. The average Bonchev–Trinajstić information content (AvgIpc) is 2.40. The number of rotatable bonds is 3. The lowest BCUT2D eigenvalue weighted by Crippen LogP contribution is -2.56. The van der Waals surface area contributed by atoms with E-state index in [4.69, 9.17) is 11.6 Å². The second kappa shape index (κ2) is 6.12. The van der Waals surface area contributed by atoms with Gasteiger partial charge in [0.05, 0.1) is 5.92 Å². The highest BCUT2D eigenvalue weighted by atomic mass is 35.5. The molecule has 0 bridgehead atoms. The minimum absolute atomic E-state index is 0.220. The molecule has 2 heterocycles. The van der Waals surface area contributed by atoms with E-state index in [9.17, 15) is 4.79 Å². The molecule has 2 aliphatic heterocycles. The normalized spacial score (nSPS) is 20.8. The predicted molar refractivity (Wildman–Crippen MR) is 79.7 cm³/mol. The number of benzene rings is 1. The molecule has 20 heavy (non-hydrogen) atoms. The second-order valence-corrected chi connectivity index (χ2v) is 6.02. The van der Waals surface area contributed by atoms with Crippen LogP contribution in [0.1, 0.15) is 5.56 Å². The molecule has 0 saturated carbocycles. The maximum absolute atomic E-state index is 12.1. The van der Waals surface area contributed by atoms with Crippen LogP contribution >= 0.6 is 11.6 Å². The Morgan fingerprint density at radius 1 is 1.15 bits per heavy atom. The monoisotopic (exact) mass is 293 g/mol. The Hall–Kier alpha value is -1.10. The van der Waals surface area contributed by atoms with Crippen molar-refractivity contribution in [2.75, 3.05) is 39.3 Å². The van der Waals surface area contributed by atoms with Crippen LogP contribution in [-0.2, 0) is 11.3 Å². The summed E-state index contributed by atoms with van der Waals surface area (Å²) in [6, 6.07) is 8.00. The molecule has 2 saturated heterocycles. The number of nitrogens with zero attached hydrogens (tertiary/aromatic N) is 2. The molecule has 0 aliphatic carbocycles. The van der Waals surface area contributed by atoms with Crippen molar-refractivity contribution < 1.29 is 4.79 Å². The van der Waals surface area contributed by atoms with Crippen molar-refractivity contribution in [1.82, 2.24) is 15.1 Å². The fraction of sp³-hybridized carbons (Fsp3) is 0.533. The van der Waals surface area contributed by atoms with Crippen LogP contribution in [0.2, 0.25) is 5.02 Å². The van der Waals surface area contributed by atoms with Crippen molar-refractivity contribution in [3.63, 3.8) is 0 Å². The number of hydrogen-bond acceptors (Lipinski definition) is 3. The number of hydrogen-bond donors (Lipinski definition) is 1. The molecule has 108 valence electrons. The van der Waals surface area contributed by atoms with Gasteiger partial charge in [-0.05, 0) is 17.7 Å². The first-order valence-electron chi connectivity index (χ1n) is 7.19. The summed E-state index contributed by atoms with van der Waals surface area (Å²) in [4.78, 5) is 16.5. The summed E-state index contributed by atoms with van der Waals surface area (Å²) in [7, 11) is 0.